The molecule has 0 amide bonds. The summed E-state index contributed by atoms with van der Waals surface area (Å²) in [6.45, 7) is 8.13. The van der Waals surface area contributed by atoms with Crippen molar-refractivity contribution in [1.82, 2.24) is 0 Å². The van der Waals surface area contributed by atoms with E-state index in [2.05, 4.69) is 18.2 Å². The summed E-state index contributed by atoms with van der Waals surface area (Å²) < 4.78 is 0. The van der Waals surface area contributed by atoms with E-state index in [1.807, 2.05) is 24.4 Å². The van der Waals surface area contributed by atoms with Gasteiger partial charge in [-0.05, 0) is 6.08 Å². The van der Waals surface area contributed by atoms with Crippen LogP contribution in [0.15, 0.2) is 41.4 Å². The van der Waals surface area contributed by atoms with E-state index in [1.165, 1.54) is 0 Å². The van der Waals surface area contributed by atoms with Crippen molar-refractivity contribution in [2.45, 2.75) is 0 Å². The number of hydrogen-bond donors (Lipinski definition) is 0. The van der Waals surface area contributed by atoms with Gasteiger partial charge in [0.25, 0.3) is 0 Å². The monoisotopic (exact) mass is 181 g/mol. The first-order valence-corrected chi connectivity index (χ1v) is 4.28. The standard InChI is InChI=1S/C10H12ClN/c1-3-8-7-12-6-5-10(11)9(8)4-2/h3-5,7-9H,1-2,6H2. The quantitative estimate of drug-likeness (QED) is 0.581. The fraction of sp³-hybridized carbons (Fsp3) is 0.300. The molecule has 0 saturated heterocycles. The van der Waals surface area contributed by atoms with E-state index < -0.39 is 0 Å². The zero-order valence-corrected chi connectivity index (χ0v) is 7.67. The molecule has 2 atom stereocenters. The van der Waals surface area contributed by atoms with Gasteiger partial charge in [0.05, 0.1) is 6.54 Å². The van der Waals surface area contributed by atoms with Crippen LogP contribution in [-0.2, 0) is 0 Å². The highest BCUT2D eigenvalue weighted by Crippen LogP contribution is 2.26. The van der Waals surface area contributed by atoms with E-state index in [4.69, 9.17) is 11.6 Å². The van der Waals surface area contributed by atoms with Crippen molar-refractivity contribution in [3.63, 3.8) is 0 Å². The fourth-order valence-electron chi connectivity index (χ4n) is 1.21. The molecule has 0 N–H and O–H groups in total. The highest BCUT2D eigenvalue weighted by atomic mass is 35.5. The molecular formula is C10H12ClN. The maximum atomic E-state index is 6.02. The Hall–Kier alpha value is -0.820. The maximum Gasteiger partial charge on any atom is 0.0580 e. The van der Waals surface area contributed by atoms with Crippen molar-refractivity contribution >= 4 is 17.8 Å². The molecule has 0 aromatic heterocycles. The highest BCUT2D eigenvalue weighted by Gasteiger charge is 2.18. The van der Waals surface area contributed by atoms with Crippen LogP contribution in [0.5, 0.6) is 0 Å². The first-order chi connectivity index (χ1) is 5.79. The predicted octanol–water partition coefficient (Wildman–Crippen LogP) is 2.80. The Morgan fingerprint density at radius 2 is 2.25 bits per heavy atom. The second kappa shape index (κ2) is 4.27. The van der Waals surface area contributed by atoms with Gasteiger partial charge in [-0.1, -0.05) is 23.8 Å². The van der Waals surface area contributed by atoms with Crippen molar-refractivity contribution in [2.75, 3.05) is 6.54 Å². The summed E-state index contributed by atoms with van der Waals surface area (Å²) in [5, 5.41) is 0.812. The van der Waals surface area contributed by atoms with Crippen LogP contribution < -0.4 is 0 Å². The lowest BCUT2D eigenvalue weighted by molar-refractivity contribution is 0.717. The molecule has 1 rings (SSSR count). The predicted molar refractivity (Wildman–Crippen MR) is 54.7 cm³/mol. The topological polar surface area (TPSA) is 12.4 Å². The normalized spacial score (nSPS) is 28.9. The third-order valence-electron chi connectivity index (χ3n) is 1.93. The molecule has 0 fully saturated rings. The first-order valence-electron chi connectivity index (χ1n) is 3.90. The van der Waals surface area contributed by atoms with Crippen LogP contribution in [0.4, 0.5) is 0 Å². The van der Waals surface area contributed by atoms with E-state index in [9.17, 15) is 0 Å². The molecule has 0 aromatic rings. The van der Waals surface area contributed by atoms with Gasteiger partial charge in [-0.3, -0.25) is 4.99 Å². The second-order valence-electron chi connectivity index (χ2n) is 2.68. The summed E-state index contributed by atoms with van der Waals surface area (Å²) in [7, 11) is 0. The zero-order valence-electron chi connectivity index (χ0n) is 6.91. The molecule has 0 spiro atoms. The Kier molecular flexibility index (Phi) is 3.30. The third kappa shape index (κ3) is 1.86. The average molecular weight is 182 g/mol. The minimum Gasteiger partial charge on any atom is -0.293 e. The molecule has 0 saturated carbocycles. The minimum atomic E-state index is 0.149. The molecule has 1 aliphatic heterocycles. The number of aliphatic imine (C=N–C) groups is 1. The summed E-state index contributed by atoms with van der Waals surface area (Å²) in [5.41, 5.74) is 0. The van der Waals surface area contributed by atoms with E-state index in [0.717, 1.165) is 5.03 Å². The molecule has 1 heterocycles. The smallest absolute Gasteiger partial charge is 0.0580 e. The Morgan fingerprint density at radius 3 is 2.83 bits per heavy atom. The van der Waals surface area contributed by atoms with Crippen molar-refractivity contribution in [1.29, 1.82) is 0 Å². The number of allylic oxidation sites excluding steroid dienone is 3. The van der Waals surface area contributed by atoms with Crippen molar-refractivity contribution in [3.8, 4) is 0 Å². The number of nitrogens with zero attached hydrogens (tertiary/aromatic N) is 1. The Morgan fingerprint density at radius 1 is 1.50 bits per heavy atom. The van der Waals surface area contributed by atoms with Crippen LogP contribution in [0.25, 0.3) is 0 Å². The molecule has 2 unspecified atom stereocenters. The third-order valence-corrected chi connectivity index (χ3v) is 2.33. The van der Waals surface area contributed by atoms with Crippen molar-refractivity contribution < 1.29 is 0 Å². The lowest BCUT2D eigenvalue weighted by atomic mass is 9.93. The van der Waals surface area contributed by atoms with Crippen LogP contribution in [-0.4, -0.2) is 12.8 Å². The molecule has 64 valence electrons. The molecule has 12 heavy (non-hydrogen) atoms. The summed E-state index contributed by atoms with van der Waals surface area (Å²) in [6, 6.07) is 0. The average Bonchev–Trinajstić information content (AvgIpc) is 2.26. The van der Waals surface area contributed by atoms with E-state index >= 15 is 0 Å². The van der Waals surface area contributed by atoms with Gasteiger partial charge < -0.3 is 0 Å². The Balaban J connectivity index is 2.91. The summed E-state index contributed by atoms with van der Waals surface area (Å²) in [4.78, 5) is 4.17. The first kappa shape index (κ1) is 9.27. The molecule has 1 aliphatic rings. The van der Waals surface area contributed by atoms with Crippen molar-refractivity contribution in [3.05, 3.63) is 36.4 Å². The van der Waals surface area contributed by atoms with Gasteiger partial charge in [-0.15, -0.1) is 13.2 Å². The van der Waals surface area contributed by atoms with Crippen LogP contribution in [0, 0.1) is 11.8 Å². The van der Waals surface area contributed by atoms with Crippen molar-refractivity contribution in [2.24, 2.45) is 16.8 Å². The SMILES string of the molecule is C=CC1C=NCC=C(Cl)C1C=C. The number of halogens is 1. The van der Waals surface area contributed by atoms with Gasteiger partial charge in [0.2, 0.25) is 0 Å². The van der Waals surface area contributed by atoms with Crippen LogP contribution in [0.1, 0.15) is 0 Å². The van der Waals surface area contributed by atoms with E-state index in [-0.39, 0.29) is 11.8 Å². The molecule has 1 nitrogen and oxygen atoms in total. The summed E-state index contributed by atoms with van der Waals surface area (Å²) in [5.74, 6) is 0.337. The summed E-state index contributed by atoms with van der Waals surface area (Å²) in [6.07, 6.45) is 7.47. The summed E-state index contributed by atoms with van der Waals surface area (Å²) >= 11 is 6.02. The molecule has 0 aromatic carbocycles. The molecule has 0 bridgehead atoms. The van der Waals surface area contributed by atoms with E-state index in [1.54, 1.807) is 0 Å². The number of rotatable bonds is 2. The zero-order chi connectivity index (χ0) is 8.97. The van der Waals surface area contributed by atoms with Crippen LogP contribution in [0.2, 0.25) is 0 Å². The van der Waals surface area contributed by atoms with Gasteiger partial charge >= 0.3 is 0 Å². The molecule has 2 heteroatoms. The molecule has 0 aliphatic carbocycles. The Bertz CT molecular complexity index is 240. The molecular weight excluding hydrogens is 170 g/mol. The fourth-order valence-corrected chi connectivity index (χ4v) is 1.52. The van der Waals surface area contributed by atoms with Crippen LogP contribution >= 0.6 is 11.6 Å². The largest absolute Gasteiger partial charge is 0.293 e. The molecule has 0 radical (unpaired) electrons. The Labute approximate surface area is 78.1 Å². The van der Waals surface area contributed by atoms with Gasteiger partial charge in [0.1, 0.15) is 0 Å². The van der Waals surface area contributed by atoms with Gasteiger partial charge in [-0.25, -0.2) is 0 Å². The minimum absolute atomic E-state index is 0.149. The lowest BCUT2D eigenvalue weighted by Gasteiger charge is -2.14. The highest BCUT2D eigenvalue weighted by molar-refractivity contribution is 6.30. The second-order valence-corrected chi connectivity index (χ2v) is 3.11. The maximum absolute atomic E-state index is 6.02. The van der Waals surface area contributed by atoms with Gasteiger partial charge in [-0.2, -0.15) is 0 Å². The van der Waals surface area contributed by atoms with Crippen LogP contribution in [0.3, 0.4) is 0 Å². The van der Waals surface area contributed by atoms with Gasteiger partial charge in [0, 0.05) is 23.1 Å². The number of hydrogen-bond acceptors (Lipinski definition) is 1. The lowest BCUT2D eigenvalue weighted by Crippen LogP contribution is -2.10. The van der Waals surface area contributed by atoms with E-state index in [0.29, 0.717) is 6.54 Å². The van der Waals surface area contributed by atoms with Gasteiger partial charge in [0.15, 0.2) is 0 Å².